The summed E-state index contributed by atoms with van der Waals surface area (Å²) in [5.41, 5.74) is 1.42. The molecule has 2 aliphatic rings. The third kappa shape index (κ3) is 4.04. The first-order chi connectivity index (χ1) is 13.2. The van der Waals surface area contributed by atoms with Crippen LogP contribution in [0.3, 0.4) is 0 Å². The molecular formula is C21H22O6. The fourth-order valence-electron chi connectivity index (χ4n) is 3.40. The Morgan fingerprint density at radius 2 is 1.70 bits per heavy atom. The molecule has 0 saturated carbocycles. The molecule has 2 aromatic carbocycles. The second-order valence-corrected chi connectivity index (χ2v) is 6.56. The summed E-state index contributed by atoms with van der Waals surface area (Å²) in [5, 5.41) is 0. The van der Waals surface area contributed by atoms with Gasteiger partial charge < -0.3 is 23.7 Å². The van der Waals surface area contributed by atoms with Gasteiger partial charge in [0, 0.05) is 19.1 Å². The number of rotatable bonds is 4. The van der Waals surface area contributed by atoms with Crippen LogP contribution in [-0.2, 0) is 23.7 Å². The van der Waals surface area contributed by atoms with Gasteiger partial charge in [-0.05, 0) is 12.1 Å². The molecule has 0 amide bonds. The minimum absolute atomic E-state index is 0.337. The van der Waals surface area contributed by atoms with Gasteiger partial charge in [0.15, 0.2) is 12.6 Å². The summed E-state index contributed by atoms with van der Waals surface area (Å²) < 4.78 is 29.0. The second kappa shape index (κ2) is 8.19. The lowest BCUT2D eigenvalue weighted by molar-refractivity contribution is -0.333. The molecule has 5 atom stereocenters. The summed E-state index contributed by atoms with van der Waals surface area (Å²) in [4.78, 5) is 12.5. The average Bonchev–Trinajstić information content (AvgIpc) is 2.74. The van der Waals surface area contributed by atoms with Crippen molar-refractivity contribution in [3.63, 3.8) is 0 Å². The maximum Gasteiger partial charge on any atom is 0.338 e. The van der Waals surface area contributed by atoms with Crippen LogP contribution >= 0.6 is 0 Å². The van der Waals surface area contributed by atoms with E-state index >= 15 is 0 Å². The highest BCUT2D eigenvalue weighted by Gasteiger charge is 2.46. The molecule has 2 aromatic rings. The van der Waals surface area contributed by atoms with Crippen molar-refractivity contribution in [2.45, 2.75) is 37.3 Å². The minimum atomic E-state index is -0.520. The van der Waals surface area contributed by atoms with Crippen molar-refractivity contribution in [3.05, 3.63) is 71.8 Å². The zero-order chi connectivity index (χ0) is 18.6. The SMILES string of the molecule is CO[C@@H]1C[C@H](OC(=O)c2ccccc2)[C@H]2O[C@@H](c3ccccc3)OC[C@@H]2O1. The van der Waals surface area contributed by atoms with E-state index in [-0.39, 0.29) is 12.1 Å². The molecule has 0 aromatic heterocycles. The van der Waals surface area contributed by atoms with Crippen LogP contribution in [0.1, 0.15) is 28.6 Å². The molecule has 4 rings (SSSR count). The van der Waals surface area contributed by atoms with Gasteiger partial charge in [0.2, 0.25) is 0 Å². The molecule has 0 bridgehead atoms. The van der Waals surface area contributed by atoms with Crippen LogP contribution in [0.4, 0.5) is 0 Å². The summed E-state index contributed by atoms with van der Waals surface area (Å²) in [6, 6.07) is 18.6. The van der Waals surface area contributed by atoms with E-state index in [9.17, 15) is 4.79 Å². The van der Waals surface area contributed by atoms with Crippen LogP contribution in [0.2, 0.25) is 0 Å². The van der Waals surface area contributed by atoms with Crippen LogP contribution in [0, 0.1) is 0 Å². The Morgan fingerprint density at radius 3 is 2.41 bits per heavy atom. The summed E-state index contributed by atoms with van der Waals surface area (Å²) in [7, 11) is 1.57. The number of ether oxygens (including phenoxy) is 5. The molecule has 0 radical (unpaired) electrons. The molecular weight excluding hydrogens is 348 g/mol. The van der Waals surface area contributed by atoms with Gasteiger partial charge in [0.1, 0.15) is 18.3 Å². The summed E-state index contributed by atoms with van der Waals surface area (Å²) in [6.45, 7) is 0.337. The van der Waals surface area contributed by atoms with Gasteiger partial charge >= 0.3 is 5.97 Å². The Kier molecular flexibility index (Phi) is 5.50. The van der Waals surface area contributed by atoms with E-state index in [2.05, 4.69) is 0 Å². The van der Waals surface area contributed by atoms with Gasteiger partial charge in [0.25, 0.3) is 0 Å². The van der Waals surface area contributed by atoms with E-state index in [1.165, 1.54) is 0 Å². The van der Waals surface area contributed by atoms with Gasteiger partial charge in [-0.3, -0.25) is 0 Å². The maximum atomic E-state index is 12.5. The van der Waals surface area contributed by atoms with Gasteiger partial charge in [-0.25, -0.2) is 4.79 Å². The van der Waals surface area contributed by atoms with Gasteiger partial charge in [-0.1, -0.05) is 48.5 Å². The molecule has 2 heterocycles. The molecule has 0 N–H and O–H groups in total. The Morgan fingerprint density at radius 1 is 1.00 bits per heavy atom. The van der Waals surface area contributed by atoms with Crippen LogP contribution in [0.25, 0.3) is 0 Å². The Balaban J connectivity index is 1.51. The lowest BCUT2D eigenvalue weighted by Gasteiger charge is -2.45. The fourth-order valence-corrected chi connectivity index (χ4v) is 3.40. The van der Waals surface area contributed by atoms with Gasteiger partial charge in [0.05, 0.1) is 12.2 Å². The standard InChI is InChI=1S/C21H22O6/c1-23-18-12-16(26-20(22)14-8-4-2-5-9-14)19-17(25-18)13-24-21(27-19)15-10-6-3-7-11-15/h2-11,16-19,21H,12-13H2,1H3/t16-,17-,18-,19+,21-/m0/s1. The first-order valence-electron chi connectivity index (χ1n) is 9.01. The smallest absolute Gasteiger partial charge is 0.338 e. The summed E-state index contributed by atoms with van der Waals surface area (Å²) in [5.74, 6) is -0.387. The van der Waals surface area contributed by atoms with Gasteiger partial charge in [-0.2, -0.15) is 0 Å². The molecule has 6 nitrogen and oxygen atoms in total. The van der Waals surface area contributed by atoms with Crippen molar-refractivity contribution in [3.8, 4) is 0 Å². The number of hydrogen-bond donors (Lipinski definition) is 0. The molecule has 27 heavy (non-hydrogen) atoms. The molecule has 2 aliphatic heterocycles. The monoisotopic (exact) mass is 370 g/mol. The molecule has 0 unspecified atom stereocenters. The average molecular weight is 370 g/mol. The highest BCUT2D eigenvalue weighted by molar-refractivity contribution is 5.89. The van der Waals surface area contributed by atoms with Crippen LogP contribution < -0.4 is 0 Å². The first-order valence-corrected chi connectivity index (χ1v) is 9.01. The Hall–Kier alpha value is -2.25. The topological polar surface area (TPSA) is 63.2 Å². The van der Waals surface area contributed by atoms with Crippen molar-refractivity contribution in [1.82, 2.24) is 0 Å². The van der Waals surface area contributed by atoms with E-state index < -0.39 is 24.8 Å². The van der Waals surface area contributed by atoms with Crippen molar-refractivity contribution in [2.24, 2.45) is 0 Å². The maximum absolute atomic E-state index is 12.5. The summed E-state index contributed by atoms with van der Waals surface area (Å²) in [6.07, 6.45) is -1.87. The highest BCUT2D eigenvalue weighted by Crippen LogP contribution is 2.35. The third-order valence-corrected chi connectivity index (χ3v) is 4.78. The second-order valence-electron chi connectivity index (χ2n) is 6.56. The number of carbonyl (C=O) groups excluding carboxylic acids is 1. The normalized spacial score (nSPS) is 30.3. The number of esters is 1. The zero-order valence-corrected chi connectivity index (χ0v) is 15.0. The first kappa shape index (κ1) is 18.1. The zero-order valence-electron chi connectivity index (χ0n) is 15.0. The Labute approximate surface area is 157 Å². The number of benzene rings is 2. The van der Waals surface area contributed by atoms with Crippen molar-refractivity contribution >= 4 is 5.97 Å². The van der Waals surface area contributed by atoms with Crippen molar-refractivity contribution in [2.75, 3.05) is 13.7 Å². The molecule has 142 valence electrons. The minimum Gasteiger partial charge on any atom is -0.456 e. The number of hydrogen-bond acceptors (Lipinski definition) is 6. The molecule has 2 fully saturated rings. The molecule has 0 aliphatic carbocycles. The lowest BCUT2D eigenvalue weighted by Crippen LogP contribution is -2.56. The van der Waals surface area contributed by atoms with Crippen molar-refractivity contribution in [1.29, 1.82) is 0 Å². The highest BCUT2D eigenvalue weighted by atomic mass is 16.7. The number of methoxy groups -OCH3 is 1. The molecule has 0 spiro atoms. The van der Waals surface area contributed by atoms with Crippen LogP contribution in [-0.4, -0.2) is 44.3 Å². The largest absolute Gasteiger partial charge is 0.456 e. The lowest BCUT2D eigenvalue weighted by atomic mass is 9.99. The van der Waals surface area contributed by atoms with E-state index in [0.29, 0.717) is 18.6 Å². The van der Waals surface area contributed by atoms with E-state index in [1.54, 1.807) is 31.4 Å². The molecule has 2 saturated heterocycles. The number of carbonyl (C=O) groups is 1. The van der Waals surface area contributed by atoms with Crippen LogP contribution in [0.15, 0.2) is 60.7 Å². The van der Waals surface area contributed by atoms with Crippen molar-refractivity contribution < 1.29 is 28.5 Å². The van der Waals surface area contributed by atoms with Crippen LogP contribution in [0.5, 0.6) is 0 Å². The molecule has 6 heteroatoms. The quantitative estimate of drug-likeness (QED) is 0.771. The predicted octanol–water partition coefficient (Wildman–Crippen LogP) is 3.09. The predicted molar refractivity (Wildman–Crippen MR) is 95.9 cm³/mol. The Bertz CT molecular complexity index is 750. The van der Waals surface area contributed by atoms with E-state index in [0.717, 1.165) is 5.56 Å². The van der Waals surface area contributed by atoms with E-state index in [1.807, 2.05) is 36.4 Å². The number of fused-ring (bicyclic) bond motifs is 1. The fraction of sp³-hybridized carbons (Fsp3) is 0.381. The van der Waals surface area contributed by atoms with E-state index in [4.69, 9.17) is 23.7 Å². The third-order valence-electron chi connectivity index (χ3n) is 4.78. The summed E-state index contributed by atoms with van der Waals surface area (Å²) >= 11 is 0. The van der Waals surface area contributed by atoms with Gasteiger partial charge in [-0.15, -0.1) is 0 Å².